The number of benzene rings is 4. The summed E-state index contributed by atoms with van der Waals surface area (Å²) in [6.07, 6.45) is -4.83. The van der Waals surface area contributed by atoms with Crippen LogP contribution in [0.1, 0.15) is 11.1 Å². The lowest BCUT2D eigenvalue weighted by Crippen LogP contribution is -2.08. The summed E-state index contributed by atoms with van der Waals surface area (Å²) < 4.78 is 52.3. The number of ether oxygens (including phenoxy) is 2. The van der Waals surface area contributed by atoms with Crippen molar-refractivity contribution < 1.29 is 27.6 Å². The summed E-state index contributed by atoms with van der Waals surface area (Å²) in [5.74, 6) is 0.0522. The second-order valence-electron chi connectivity index (χ2n) is 6.92. The minimum Gasteiger partial charge on any atom is -0.488 e. The van der Waals surface area contributed by atoms with Crippen LogP contribution in [0.3, 0.4) is 0 Å². The Labute approximate surface area is 180 Å². The van der Waals surface area contributed by atoms with Crippen molar-refractivity contribution in [2.24, 2.45) is 0 Å². The van der Waals surface area contributed by atoms with Crippen molar-refractivity contribution in [1.29, 1.82) is 0 Å². The smallest absolute Gasteiger partial charge is 0.420 e. The van der Waals surface area contributed by atoms with Crippen molar-refractivity contribution in [3.8, 4) is 17.2 Å². The Morgan fingerprint density at radius 2 is 1.50 bits per heavy atom. The highest BCUT2D eigenvalue weighted by Gasteiger charge is 2.36. The molecule has 0 aliphatic carbocycles. The maximum Gasteiger partial charge on any atom is 0.420 e. The van der Waals surface area contributed by atoms with E-state index in [0.717, 1.165) is 17.7 Å². The highest BCUT2D eigenvalue weighted by atomic mass is 19.4. The topological polar surface area (TPSA) is 61.6 Å². The maximum atomic E-state index is 13.6. The molecule has 0 amide bonds. The number of non-ortho nitro benzene ring substituents is 1. The van der Waals surface area contributed by atoms with E-state index in [4.69, 9.17) is 9.47 Å². The van der Waals surface area contributed by atoms with Gasteiger partial charge in [0, 0.05) is 12.1 Å². The zero-order chi connectivity index (χ0) is 22.7. The van der Waals surface area contributed by atoms with Gasteiger partial charge in [-0.25, -0.2) is 0 Å². The Balaban J connectivity index is 1.75. The minimum absolute atomic E-state index is 0.144. The van der Waals surface area contributed by atoms with E-state index in [1.807, 2.05) is 30.3 Å². The van der Waals surface area contributed by atoms with Gasteiger partial charge >= 0.3 is 6.18 Å². The zero-order valence-corrected chi connectivity index (χ0v) is 16.5. The number of nitro benzene ring substituents is 1. The molecule has 4 rings (SSSR count). The van der Waals surface area contributed by atoms with Crippen molar-refractivity contribution in [2.45, 2.75) is 12.8 Å². The van der Waals surface area contributed by atoms with Crippen LogP contribution in [0.25, 0.3) is 10.8 Å². The Morgan fingerprint density at radius 1 is 0.812 bits per heavy atom. The lowest BCUT2D eigenvalue weighted by Gasteiger charge is -2.16. The number of fused-ring (bicyclic) bond motifs is 1. The monoisotopic (exact) mass is 439 g/mol. The number of nitrogens with zero attached hydrogens (tertiary/aromatic N) is 1. The standard InChI is InChI=1S/C24H16F3NO4/c25-24(26,27)19-14-18(28(29)30)12-13-20(19)32-22-11-5-9-17-8-4-10-21(23(17)22)31-15-16-6-2-1-3-7-16/h1-14H,15H2. The summed E-state index contributed by atoms with van der Waals surface area (Å²) in [5.41, 5.74) is -0.974. The summed E-state index contributed by atoms with van der Waals surface area (Å²) in [4.78, 5) is 10.1. The first kappa shape index (κ1) is 21.2. The molecule has 4 aromatic carbocycles. The van der Waals surface area contributed by atoms with Crippen LogP contribution in [0.5, 0.6) is 17.2 Å². The molecular weight excluding hydrogens is 423 g/mol. The van der Waals surface area contributed by atoms with Gasteiger partial charge < -0.3 is 9.47 Å². The number of rotatable bonds is 6. The molecule has 0 aliphatic rings. The normalized spacial score (nSPS) is 11.3. The highest BCUT2D eigenvalue weighted by Crippen LogP contribution is 2.43. The van der Waals surface area contributed by atoms with E-state index in [1.54, 1.807) is 30.3 Å². The molecule has 162 valence electrons. The van der Waals surface area contributed by atoms with Gasteiger partial charge in [0.25, 0.3) is 5.69 Å². The number of hydrogen-bond acceptors (Lipinski definition) is 4. The van der Waals surface area contributed by atoms with Gasteiger partial charge in [-0.2, -0.15) is 13.2 Å². The van der Waals surface area contributed by atoms with E-state index in [9.17, 15) is 23.3 Å². The molecule has 0 unspecified atom stereocenters. The predicted molar refractivity (Wildman–Crippen MR) is 113 cm³/mol. The third-order valence-corrected chi connectivity index (χ3v) is 4.76. The third kappa shape index (κ3) is 4.49. The van der Waals surface area contributed by atoms with Crippen LogP contribution >= 0.6 is 0 Å². The lowest BCUT2D eigenvalue weighted by atomic mass is 10.1. The van der Waals surface area contributed by atoms with E-state index < -0.39 is 28.1 Å². The van der Waals surface area contributed by atoms with Gasteiger partial charge in [-0.05, 0) is 29.1 Å². The zero-order valence-electron chi connectivity index (χ0n) is 16.5. The van der Waals surface area contributed by atoms with E-state index >= 15 is 0 Å². The summed E-state index contributed by atoms with van der Waals surface area (Å²) in [6, 6.07) is 22.1. The molecule has 0 saturated heterocycles. The molecule has 32 heavy (non-hydrogen) atoms. The van der Waals surface area contributed by atoms with Crippen LogP contribution in [0.4, 0.5) is 18.9 Å². The molecule has 0 fully saturated rings. The molecule has 0 aliphatic heterocycles. The number of hydrogen-bond donors (Lipinski definition) is 0. The van der Waals surface area contributed by atoms with Crippen molar-refractivity contribution in [3.05, 3.63) is 106 Å². The lowest BCUT2D eigenvalue weighted by molar-refractivity contribution is -0.385. The molecule has 4 aromatic rings. The van der Waals surface area contributed by atoms with E-state index in [1.165, 1.54) is 6.07 Å². The van der Waals surface area contributed by atoms with Crippen molar-refractivity contribution in [2.75, 3.05) is 0 Å². The molecule has 0 bridgehead atoms. The average Bonchev–Trinajstić information content (AvgIpc) is 2.78. The van der Waals surface area contributed by atoms with Gasteiger partial charge in [-0.1, -0.05) is 54.6 Å². The number of alkyl halides is 3. The predicted octanol–water partition coefficient (Wildman–Crippen LogP) is 7.14. The summed E-state index contributed by atoms with van der Waals surface area (Å²) in [5, 5.41) is 12.1. The van der Waals surface area contributed by atoms with Crippen LogP contribution in [0.2, 0.25) is 0 Å². The summed E-state index contributed by atoms with van der Waals surface area (Å²) in [7, 11) is 0. The second-order valence-corrected chi connectivity index (χ2v) is 6.92. The van der Waals surface area contributed by atoms with Crippen LogP contribution in [-0.4, -0.2) is 4.92 Å². The van der Waals surface area contributed by atoms with Gasteiger partial charge in [0.05, 0.1) is 10.3 Å². The summed E-state index contributed by atoms with van der Waals surface area (Å²) >= 11 is 0. The number of nitro groups is 1. The van der Waals surface area contributed by atoms with Crippen LogP contribution in [-0.2, 0) is 12.8 Å². The van der Waals surface area contributed by atoms with Gasteiger partial charge in [0.2, 0.25) is 0 Å². The fraction of sp³-hybridized carbons (Fsp3) is 0.0833. The van der Waals surface area contributed by atoms with Crippen LogP contribution in [0.15, 0.2) is 84.9 Å². The van der Waals surface area contributed by atoms with Crippen molar-refractivity contribution in [3.63, 3.8) is 0 Å². The molecule has 0 N–H and O–H groups in total. The first-order chi connectivity index (χ1) is 15.3. The Kier molecular flexibility index (Phi) is 5.68. The Morgan fingerprint density at radius 3 is 2.16 bits per heavy atom. The molecular formula is C24H16F3NO4. The second kappa shape index (κ2) is 8.58. The fourth-order valence-electron chi connectivity index (χ4n) is 3.27. The first-order valence-electron chi connectivity index (χ1n) is 9.55. The largest absolute Gasteiger partial charge is 0.488 e. The van der Waals surface area contributed by atoms with Crippen molar-refractivity contribution in [1.82, 2.24) is 0 Å². The quantitative estimate of drug-likeness (QED) is 0.237. The van der Waals surface area contributed by atoms with Crippen LogP contribution in [0, 0.1) is 10.1 Å². The maximum absolute atomic E-state index is 13.6. The average molecular weight is 439 g/mol. The number of halogens is 3. The van der Waals surface area contributed by atoms with Gasteiger partial charge in [-0.3, -0.25) is 10.1 Å². The van der Waals surface area contributed by atoms with E-state index in [0.29, 0.717) is 22.6 Å². The Hall–Kier alpha value is -4.07. The molecule has 0 atom stereocenters. The van der Waals surface area contributed by atoms with Crippen LogP contribution < -0.4 is 9.47 Å². The third-order valence-electron chi connectivity index (χ3n) is 4.76. The van der Waals surface area contributed by atoms with Gasteiger partial charge in [0.15, 0.2) is 0 Å². The fourth-order valence-corrected chi connectivity index (χ4v) is 3.27. The molecule has 8 heteroatoms. The molecule has 0 aromatic heterocycles. The molecule has 0 spiro atoms. The van der Waals surface area contributed by atoms with Gasteiger partial charge in [-0.15, -0.1) is 0 Å². The molecule has 0 saturated carbocycles. The highest BCUT2D eigenvalue weighted by molar-refractivity contribution is 5.94. The Bertz CT molecular complexity index is 1270. The first-order valence-corrected chi connectivity index (χ1v) is 9.55. The van der Waals surface area contributed by atoms with E-state index in [-0.39, 0.29) is 12.4 Å². The van der Waals surface area contributed by atoms with Crippen molar-refractivity contribution >= 4 is 16.5 Å². The minimum atomic E-state index is -4.83. The molecule has 0 heterocycles. The molecule has 0 radical (unpaired) electrons. The van der Waals surface area contributed by atoms with E-state index in [2.05, 4.69) is 0 Å². The molecule has 5 nitrogen and oxygen atoms in total. The SMILES string of the molecule is O=[N+]([O-])c1ccc(Oc2cccc3cccc(OCc4ccccc4)c23)c(C(F)(F)F)c1. The summed E-state index contributed by atoms with van der Waals surface area (Å²) in [6.45, 7) is 0.264. The van der Waals surface area contributed by atoms with Gasteiger partial charge in [0.1, 0.15) is 29.4 Å².